The topological polar surface area (TPSA) is 45.3 Å². The molecule has 1 saturated heterocycles. The van der Waals surface area contributed by atoms with E-state index in [0.29, 0.717) is 36.1 Å². The number of nitrogens with zero attached hydrogens (tertiary/aromatic N) is 1. The van der Waals surface area contributed by atoms with Crippen molar-refractivity contribution < 1.29 is 9.53 Å². The molecule has 0 radical (unpaired) electrons. The molecular formula is C23H24Cl2N2O2. The van der Waals surface area contributed by atoms with Gasteiger partial charge in [-0.05, 0) is 55.7 Å². The maximum absolute atomic E-state index is 12.5. The second-order valence-electron chi connectivity index (χ2n) is 7.49. The smallest absolute Gasteiger partial charge is 0.222 e. The summed E-state index contributed by atoms with van der Waals surface area (Å²) in [5, 5.41) is 2.49. The minimum absolute atomic E-state index is 0.203. The zero-order valence-electron chi connectivity index (χ0n) is 16.2. The van der Waals surface area contributed by atoms with E-state index in [1.54, 1.807) is 6.07 Å². The van der Waals surface area contributed by atoms with Crippen molar-refractivity contribution >= 4 is 40.0 Å². The van der Waals surface area contributed by atoms with Crippen molar-refractivity contribution in [2.75, 3.05) is 19.7 Å². The Kier molecular flexibility index (Phi) is 6.31. The number of amides is 1. The lowest BCUT2D eigenvalue weighted by atomic mass is 9.93. The van der Waals surface area contributed by atoms with Crippen molar-refractivity contribution in [3.05, 3.63) is 64.3 Å². The number of benzene rings is 2. The number of H-pyrrole nitrogens is 1. The standard InChI is InChI=1S/C23H24Cl2N2O2/c24-18-7-8-20-17(14-18)15-21(26-20)16-9-11-27(12-10-16)23(28)6-3-13-29-22-5-2-1-4-19(22)25/h1-2,4-5,7-8,14-16,26H,3,6,9-13H2. The van der Waals surface area contributed by atoms with Gasteiger partial charge in [0.25, 0.3) is 0 Å². The van der Waals surface area contributed by atoms with Gasteiger partial charge in [0.05, 0.1) is 11.6 Å². The van der Waals surface area contributed by atoms with Crippen LogP contribution >= 0.6 is 23.2 Å². The molecule has 1 aliphatic rings. The molecule has 0 atom stereocenters. The first kappa shape index (κ1) is 20.1. The van der Waals surface area contributed by atoms with Crippen LogP contribution in [0.5, 0.6) is 5.75 Å². The Morgan fingerprint density at radius 3 is 2.69 bits per heavy atom. The highest BCUT2D eigenvalue weighted by Gasteiger charge is 2.24. The number of likely N-dealkylation sites (tertiary alicyclic amines) is 1. The second kappa shape index (κ2) is 9.10. The number of aromatic nitrogens is 1. The Bertz CT molecular complexity index is 993. The van der Waals surface area contributed by atoms with Crippen molar-refractivity contribution in [1.82, 2.24) is 9.88 Å². The van der Waals surface area contributed by atoms with E-state index >= 15 is 0 Å². The number of aromatic amines is 1. The van der Waals surface area contributed by atoms with E-state index in [1.165, 1.54) is 5.69 Å². The van der Waals surface area contributed by atoms with Crippen molar-refractivity contribution in [1.29, 1.82) is 0 Å². The fraction of sp³-hybridized carbons (Fsp3) is 0.348. The molecule has 1 aliphatic heterocycles. The van der Waals surface area contributed by atoms with Crippen molar-refractivity contribution in [2.24, 2.45) is 0 Å². The van der Waals surface area contributed by atoms with Crippen LogP contribution in [-0.4, -0.2) is 35.5 Å². The molecule has 0 unspecified atom stereocenters. The van der Waals surface area contributed by atoms with Crippen LogP contribution in [0, 0.1) is 0 Å². The molecule has 2 aromatic carbocycles. The molecule has 6 heteroatoms. The summed E-state index contributed by atoms with van der Waals surface area (Å²) in [6.07, 6.45) is 3.14. The Balaban J connectivity index is 1.23. The Hall–Kier alpha value is -2.17. The number of para-hydroxylation sites is 1. The molecule has 152 valence electrons. The van der Waals surface area contributed by atoms with Crippen LogP contribution in [0.2, 0.25) is 10.0 Å². The van der Waals surface area contributed by atoms with Gasteiger partial charge >= 0.3 is 0 Å². The highest BCUT2D eigenvalue weighted by molar-refractivity contribution is 6.32. The molecule has 1 fully saturated rings. The van der Waals surface area contributed by atoms with Crippen LogP contribution < -0.4 is 4.74 Å². The molecule has 1 aromatic heterocycles. The van der Waals surface area contributed by atoms with Gasteiger partial charge in [-0.15, -0.1) is 0 Å². The highest BCUT2D eigenvalue weighted by Crippen LogP contribution is 2.31. The van der Waals surface area contributed by atoms with E-state index in [2.05, 4.69) is 11.1 Å². The number of piperidine rings is 1. The van der Waals surface area contributed by atoms with Gasteiger partial charge in [0, 0.05) is 47.0 Å². The third-order valence-electron chi connectivity index (χ3n) is 5.52. The summed E-state index contributed by atoms with van der Waals surface area (Å²) in [5.41, 5.74) is 2.35. The van der Waals surface area contributed by atoms with Gasteiger partial charge in [0.15, 0.2) is 0 Å². The Labute approximate surface area is 180 Å². The quantitative estimate of drug-likeness (QED) is 0.484. The number of hydrogen-bond acceptors (Lipinski definition) is 2. The average Bonchev–Trinajstić information content (AvgIpc) is 3.15. The van der Waals surface area contributed by atoms with Gasteiger partial charge in [-0.2, -0.15) is 0 Å². The molecule has 1 amide bonds. The van der Waals surface area contributed by atoms with Gasteiger partial charge in [-0.25, -0.2) is 0 Å². The summed E-state index contributed by atoms with van der Waals surface area (Å²) >= 11 is 12.2. The van der Waals surface area contributed by atoms with E-state index in [4.69, 9.17) is 27.9 Å². The lowest BCUT2D eigenvalue weighted by Gasteiger charge is -2.31. The fourth-order valence-corrected chi connectivity index (χ4v) is 4.28. The lowest BCUT2D eigenvalue weighted by Crippen LogP contribution is -2.38. The number of rotatable bonds is 6. The van der Waals surface area contributed by atoms with Gasteiger partial charge in [-0.3, -0.25) is 4.79 Å². The molecule has 0 aliphatic carbocycles. The largest absolute Gasteiger partial charge is 0.492 e. The first-order valence-corrected chi connectivity index (χ1v) is 10.8. The van der Waals surface area contributed by atoms with Gasteiger partial charge < -0.3 is 14.6 Å². The summed E-state index contributed by atoms with van der Waals surface area (Å²) in [6.45, 7) is 2.08. The number of halogens is 2. The number of carbonyl (C=O) groups is 1. The summed E-state index contributed by atoms with van der Waals surface area (Å²) in [4.78, 5) is 18.0. The Morgan fingerprint density at radius 1 is 1.10 bits per heavy atom. The van der Waals surface area contributed by atoms with Crippen LogP contribution in [0.4, 0.5) is 0 Å². The third-order valence-corrected chi connectivity index (χ3v) is 6.07. The molecule has 0 saturated carbocycles. The SMILES string of the molecule is O=C(CCCOc1ccccc1Cl)N1CCC(c2cc3cc(Cl)ccc3[nH]2)CC1. The number of nitrogens with one attached hydrogen (secondary N) is 1. The van der Waals surface area contributed by atoms with Crippen molar-refractivity contribution in [2.45, 2.75) is 31.6 Å². The molecule has 4 rings (SSSR count). The maximum Gasteiger partial charge on any atom is 0.222 e. The molecule has 4 nitrogen and oxygen atoms in total. The summed E-state index contributed by atoms with van der Waals surface area (Å²) < 4.78 is 5.67. The minimum Gasteiger partial charge on any atom is -0.492 e. The van der Waals surface area contributed by atoms with E-state index in [1.807, 2.05) is 41.3 Å². The van der Waals surface area contributed by atoms with Crippen molar-refractivity contribution in [3.8, 4) is 5.75 Å². The van der Waals surface area contributed by atoms with Crippen LogP contribution in [-0.2, 0) is 4.79 Å². The molecule has 0 bridgehead atoms. The van der Waals surface area contributed by atoms with E-state index in [-0.39, 0.29) is 5.91 Å². The predicted octanol–water partition coefficient (Wildman–Crippen LogP) is 6.04. The van der Waals surface area contributed by atoms with Crippen LogP contribution in [0.1, 0.15) is 37.3 Å². The molecule has 0 spiro atoms. The van der Waals surface area contributed by atoms with Crippen LogP contribution in [0.15, 0.2) is 48.5 Å². The molecule has 29 heavy (non-hydrogen) atoms. The summed E-state index contributed by atoms with van der Waals surface area (Å²) in [6, 6.07) is 15.5. The highest BCUT2D eigenvalue weighted by atomic mass is 35.5. The monoisotopic (exact) mass is 430 g/mol. The van der Waals surface area contributed by atoms with Gasteiger partial charge in [0.1, 0.15) is 5.75 Å². The third kappa shape index (κ3) is 4.88. The van der Waals surface area contributed by atoms with Crippen LogP contribution in [0.25, 0.3) is 10.9 Å². The summed E-state index contributed by atoms with van der Waals surface area (Å²) in [5.74, 6) is 1.32. The number of ether oxygens (including phenoxy) is 1. The van der Waals surface area contributed by atoms with Gasteiger partial charge in [-0.1, -0.05) is 35.3 Å². The molecule has 3 aromatic rings. The zero-order chi connectivity index (χ0) is 20.2. The minimum atomic E-state index is 0.203. The average molecular weight is 431 g/mol. The molecule has 1 N–H and O–H groups in total. The summed E-state index contributed by atoms with van der Waals surface area (Å²) in [7, 11) is 0. The lowest BCUT2D eigenvalue weighted by molar-refractivity contribution is -0.132. The van der Waals surface area contributed by atoms with E-state index in [0.717, 1.165) is 41.9 Å². The first-order chi connectivity index (χ1) is 14.1. The molecule has 2 heterocycles. The van der Waals surface area contributed by atoms with E-state index < -0.39 is 0 Å². The number of fused-ring (bicyclic) bond motifs is 1. The Morgan fingerprint density at radius 2 is 1.90 bits per heavy atom. The van der Waals surface area contributed by atoms with Crippen LogP contribution in [0.3, 0.4) is 0 Å². The maximum atomic E-state index is 12.5. The first-order valence-electron chi connectivity index (χ1n) is 10.0. The second-order valence-corrected chi connectivity index (χ2v) is 8.34. The zero-order valence-corrected chi connectivity index (χ0v) is 17.7. The van der Waals surface area contributed by atoms with Crippen molar-refractivity contribution in [3.63, 3.8) is 0 Å². The predicted molar refractivity (Wildman–Crippen MR) is 118 cm³/mol. The normalized spacial score (nSPS) is 15.0. The number of carbonyl (C=O) groups excluding carboxylic acids is 1. The number of hydrogen-bond donors (Lipinski definition) is 1. The fourth-order valence-electron chi connectivity index (χ4n) is 3.91. The van der Waals surface area contributed by atoms with Gasteiger partial charge in [0.2, 0.25) is 5.91 Å². The van der Waals surface area contributed by atoms with E-state index in [9.17, 15) is 4.79 Å². The molecular weight excluding hydrogens is 407 g/mol.